The second kappa shape index (κ2) is 5.71. The lowest BCUT2D eigenvalue weighted by molar-refractivity contribution is -0.134. The van der Waals surface area contributed by atoms with E-state index in [0.29, 0.717) is 5.69 Å². The van der Waals surface area contributed by atoms with Gasteiger partial charge in [0.15, 0.2) is 12.0 Å². The molecule has 1 saturated heterocycles. The van der Waals surface area contributed by atoms with E-state index < -0.39 is 18.1 Å². The van der Waals surface area contributed by atoms with Gasteiger partial charge in [-0.05, 0) is 24.3 Å². The number of anilines is 1. The molecule has 1 aliphatic rings. The van der Waals surface area contributed by atoms with Crippen molar-refractivity contribution in [1.82, 2.24) is 14.7 Å². The molecular weight excluding hydrogens is 303 g/mol. The van der Waals surface area contributed by atoms with Crippen LogP contribution in [0.5, 0.6) is 0 Å². The summed E-state index contributed by atoms with van der Waals surface area (Å²) in [5.74, 6) is -0.729. The number of cyclic esters (lactones) is 1. The summed E-state index contributed by atoms with van der Waals surface area (Å²) in [4.78, 5) is 25.9. The lowest BCUT2D eigenvalue weighted by Gasteiger charge is -2.20. The molecule has 0 spiro atoms. The number of hydrogen-bond acceptors (Lipinski definition) is 4. The molecule has 1 fully saturated rings. The molecule has 0 saturated carbocycles. The Morgan fingerprint density at radius 2 is 2.26 bits per heavy atom. The highest BCUT2D eigenvalue weighted by atomic mass is 19.1. The van der Waals surface area contributed by atoms with E-state index in [1.165, 1.54) is 33.5 Å². The average Bonchev–Trinajstić information content (AvgIpc) is 3.15. The number of nitrogens with zero attached hydrogens (tertiary/aromatic N) is 4. The van der Waals surface area contributed by atoms with Crippen molar-refractivity contribution in [3.63, 3.8) is 0 Å². The number of likely N-dealkylation sites (N-methyl/N-ethyl adjacent to an activating group) is 1. The molecule has 0 bridgehead atoms. The van der Waals surface area contributed by atoms with Crippen LogP contribution in [0, 0.1) is 5.82 Å². The first-order valence-corrected chi connectivity index (χ1v) is 6.98. The van der Waals surface area contributed by atoms with Crippen LogP contribution in [0.4, 0.5) is 14.9 Å². The smallest absolute Gasteiger partial charge is 0.416 e. The van der Waals surface area contributed by atoms with E-state index in [-0.39, 0.29) is 18.1 Å². The third-order valence-corrected chi connectivity index (χ3v) is 3.72. The monoisotopic (exact) mass is 318 g/mol. The molecule has 0 N–H and O–H groups in total. The summed E-state index contributed by atoms with van der Waals surface area (Å²) < 4.78 is 20.8. The van der Waals surface area contributed by atoms with Crippen LogP contribution in [0.25, 0.3) is 5.69 Å². The second-order valence-corrected chi connectivity index (χ2v) is 5.17. The van der Waals surface area contributed by atoms with Gasteiger partial charge in [0.25, 0.3) is 0 Å². The maximum Gasteiger partial charge on any atom is 0.416 e. The quantitative estimate of drug-likeness (QED) is 0.865. The highest BCUT2D eigenvalue weighted by molar-refractivity contribution is 5.90. The number of rotatable bonds is 3. The van der Waals surface area contributed by atoms with Crippen molar-refractivity contribution in [3.05, 3.63) is 42.5 Å². The molecule has 1 aromatic carbocycles. The molecule has 1 aromatic heterocycles. The van der Waals surface area contributed by atoms with Gasteiger partial charge in [0.1, 0.15) is 5.69 Å². The summed E-state index contributed by atoms with van der Waals surface area (Å²) in [6, 6.07) is 6.08. The van der Waals surface area contributed by atoms with Crippen molar-refractivity contribution >= 4 is 17.7 Å². The zero-order valence-corrected chi connectivity index (χ0v) is 12.6. The Bertz CT molecular complexity index is 747. The van der Waals surface area contributed by atoms with Gasteiger partial charge in [-0.15, -0.1) is 0 Å². The molecule has 7 nitrogen and oxygen atoms in total. The van der Waals surface area contributed by atoms with E-state index in [4.69, 9.17) is 4.74 Å². The number of ether oxygens (including phenoxy) is 1. The first-order chi connectivity index (χ1) is 11.0. The van der Waals surface area contributed by atoms with Crippen LogP contribution < -0.4 is 4.90 Å². The summed E-state index contributed by atoms with van der Waals surface area (Å²) in [6.07, 6.45) is 1.87. The molecule has 2 amide bonds. The molecule has 120 valence electrons. The predicted octanol–water partition coefficient (Wildman–Crippen LogP) is 1.77. The van der Waals surface area contributed by atoms with Crippen molar-refractivity contribution < 1.29 is 18.7 Å². The maximum atomic E-state index is 14.3. The van der Waals surface area contributed by atoms with Crippen LogP contribution in [0.1, 0.15) is 6.92 Å². The Kier molecular flexibility index (Phi) is 3.73. The minimum atomic E-state index is -0.686. The molecule has 8 heteroatoms. The van der Waals surface area contributed by atoms with Crippen LogP contribution in [0.3, 0.4) is 0 Å². The van der Waals surface area contributed by atoms with Crippen molar-refractivity contribution in [2.45, 2.75) is 13.2 Å². The standard InChI is InChI=1S/C15H15FN4O3/c1-10(21)18(2)14-9-19(15(22)23-14)11-4-5-13(12(16)8-11)20-7-3-6-17-20/h3-8,14H,9H2,1-2H3. The summed E-state index contributed by atoms with van der Waals surface area (Å²) in [5.41, 5.74) is 0.645. The minimum absolute atomic E-state index is 0.148. The summed E-state index contributed by atoms with van der Waals surface area (Å²) in [6.45, 7) is 1.53. The summed E-state index contributed by atoms with van der Waals surface area (Å²) in [7, 11) is 1.55. The van der Waals surface area contributed by atoms with Gasteiger partial charge in [0.2, 0.25) is 5.91 Å². The van der Waals surface area contributed by atoms with Crippen molar-refractivity contribution in [3.8, 4) is 5.69 Å². The SMILES string of the molecule is CC(=O)N(C)C1CN(c2ccc(-n3cccn3)c(F)c2)C(=O)O1. The number of carbonyl (C=O) groups excluding carboxylic acids is 2. The Labute approximate surface area is 131 Å². The van der Waals surface area contributed by atoms with Gasteiger partial charge in [-0.25, -0.2) is 13.9 Å². The lowest BCUT2D eigenvalue weighted by Crippen LogP contribution is -2.38. The van der Waals surface area contributed by atoms with E-state index in [1.807, 2.05) is 0 Å². The molecule has 3 rings (SSSR count). The van der Waals surface area contributed by atoms with E-state index in [0.717, 1.165) is 0 Å². The Balaban J connectivity index is 1.84. The molecule has 2 heterocycles. The van der Waals surface area contributed by atoms with Crippen molar-refractivity contribution in [1.29, 1.82) is 0 Å². The Hall–Kier alpha value is -2.90. The highest BCUT2D eigenvalue weighted by Gasteiger charge is 2.36. The molecule has 1 unspecified atom stereocenters. The summed E-state index contributed by atoms with van der Waals surface area (Å²) >= 11 is 0. The van der Waals surface area contributed by atoms with E-state index in [9.17, 15) is 14.0 Å². The lowest BCUT2D eigenvalue weighted by atomic mass is 10.2. The van der Waals surface area contributed by atoms with Crippen molar-refractivity contribution in [2.75, 3.05) is 18.5 Å². The number of hydrogen-bond donors (Lipinski definition) is 0. The fraction of sp³-hybridized carbons (Fsp3) is 0.267. The van der Waals surface area contributed by atoms with Crippen molar-refractivity contribution in [2.24, 2.45) is 0 Å². The molecule has 2 aromatic rings. The summed E-state index contributed by atoms with van der Waals surface area (Å²) in [5, 5.41) is 3.97. The molecular formula is C15H15FN4O3. The van der Waals surface area contributed by atoms with Gasteiger partial charge in [0.05, 0.1) is 12.2 Å². The van der Waals surface area contributed by atoms with Crippen LogP contribution in [0.2, 0.25) is 0 Å². The van der Waals surface area contributed by atoms with Gasteiger partial charge in [-0.1, -0.05) is 0 Å². The Morgan fingerprint density at radius 1 is 1.48 bits per heavy atom. The molecule has 23 heavy (non-hydrogen) atoms. The number of amides is 2. The van der Waals surface area contributed by atoms with Crippen LogP contribution in [-0.2, 0) is 9.53 Å². The topological polar surface area (TPSA) is 67.7 Å². The third kappa shape index (κ3) is 2.75. The van der Waals surface area contributed by atoms with E-state index >= 15 is 0 Å². The van der Waals surface area contributed by atoms with Gasteiger partial charge < -0.3 is 9.64 Å². The van der Waals surface area contributed by atoms with E-state index in [1.54, 1.807) is 31.6 Å². The van der Waals surface area contributed by atoms with Gasteiger partial charge in [-0.2, -0.15) is 5.10 Å². The second-order valence-electron chi connectivity index (χ2n) is 5.17. The number of halogens is 1. The van der Waals surface area contributed by atoms with Crippen LogP contribution in [0.15, 0.2) is 36.7 Å². The Morgan fingerprint density at radius 3 is 2.87 bits per heavy atom. The molecule has 1 aliphatic heterocycles. The third-order valence-electron chi connectivity index (χ3n) is 3.72. The van der Waals surface area contributed by atoms with Gasteiger partial charge >= 0.3 is 6.09 Å². The zero-order valence-electron chi connectivity index (χ0n) is 12.6. The number of carbonyl (C=O) groups is 2. The van der Waals surface area contributed by atoms with Crippen LogP contribution >= 0.6 is 0 Å². The average molecular weight is 318 g/mol. The predicted molar refractivity (Wildman–Crippen MR) is 79.6 cm³/mol. The first kappa shape index (κ1) is 15.0. The normalized spacial score (nSPS) is 17.3. The first-order valence-electron chi connectivity index (χ1n) is 6.98. The molecule has 1 atom stereocenters. The molecule has 0 aliphatic carbocycles. The maximum absolute atomic E-state index is 14.3. The minimum Gasteiger partial charge on any atom is -0.423 e. The number of aromatic nitrogens is 2. The van der Waals surface area contributed by atoms with Crippen LogP contribution in [-0.4, -0.2) is 46.5 Å². The number of benzene rings is 1. The molecule has 0 radical (unpaired) electrons. The highest BCUT2D eigenvalue weighted by Crippen LogP contribution is 2.26. The van der Waals surface area contributed by atoms with Gasteiger partial charge in [0, 0.05) is 26.4 Å². The zero-order chi connectivity index (χ0) is 16.6. The largest absolute Gasteiger partial charge is 0.423 e. The van der Waals surface area contributed by atoms with Gasteiger partial charge in [-0.3, -0.25) is 9.69 Å². The fourth-order valence-corrected chi connectivity index (χ4v) is 2.32. The fourth-order valence-electron chi connectivity index (χ4n) is 2.32. The van der Waals surface area contributed by atoms with E-state index in [2.05, 4.69) is 5.10 Å².